The molecule has 0 radical (unpaired) electrons. The molecule has 0 aromatic carbocycles. The van der Waals surface area contributed by atoms with Gasteiger partial charge in [-0.2, -0.15) is 13.2 Å². The number of hydrogen-bond acceptors (Lipinski definition) is 1. The van der Waals surface area contributed by atoms with Gasteiger partial charge in [0.1, 0.15) is 0 Å². The first-order chi connectivity index (χ1) is 6.25. The van der Waals surface area contributed by atoms with E-state index in [1.54, 1.807) is 0 Å². The molecule has 0 aliphatic rings. The number of halogens is 4. The van der Waals surface area contributed by atoms with Crippen LogP contribution in [0.2, 0.25) is 0 Å². The van der Waals surface area contributed by atoms with Crippen molar-refractivity contribution in [2.24, 2.45) is 0 Å². The highest BCUT2D eigenvalue weighted by Crippen LogP contribution is 2.34. The molecule has 1 aromatic heterocycles. The molecule has 0 fully saturated rings. The number of alkyl halides is 3. The summed E-state index contributed by atoms with van der Waals surface area (Å²) in [4.78, 5) is 13.5. The fourth-order valence-corrected chi connectivity index (χ4v) is 1.97. The van der Waals surface area contributed by atoms with E-state index in [0.29, 0.717) is 0 Å². The van der Waals surface area contributed by atoms with Crippen molar-refractivity contribution >= 4 is 22.6 Å². The topological polar surface area (TPSA) is 32.9 Å². The third kappa shape index (κ3) is 1.94. The molecule has 1 heterocycles. The van der Waals surface area contributed by atoms with Gasteiger partial charge in [-0.25, -0.2) is 0 Å². The number of aromatic amines is 1. The number of H-pyrrole nitrogens is 1. The van der Waals surface area contributed by atoms with E-state index < -0.39 is 17.3 Å². The Morgan fingerprint density at radius 3 is 2.21 bits per heavy atom. The summed E-state index contributed by atoms with van der Waals surface area (Å²) in [5.41, 5.74) is -1.20. The van der Waals surface area contributed by atoms with Crippen molar-refractivity contribution in [3.05, 3.63) is 30.7 Å². The van der Waals surface area contributed by atoms with E-state index in [4.69, 9.17) is 0 Å². The van der Waals surface area contributed by atoms with E-state index in [2.05, 4.69) is 4.98 Å². The molecule has 0 unspecified atom stereocenters. The Morgan fingerprint density at radius 2 is 1.79 bits per heavy atom. The first-order valence-electron chi connectivity index (χ1n) is 3.71. The standard InChI is InChI=1S/C8H7F3INO/c1-3-4(2)13-7(14)6(12)5(3)8(9,10)11/h1-2H3,(H,13,14). The van der Waals surface area contributed by atoms with Crippen LogP contribution in [-0.4, -0.2) is 4.98 Å². The molecule has 0 aliphatic heterocycles. The molecule has 78 valence electrons. The molecular weight excluding hydrogens is 310 g/mol. The lowest BCUT2D eigenvalue weighted by Gasteiger charge is -2.13. The van der Waals surface area contributed by atoms with Gasteiger partial charge in [-0.1, -0.05) is 0 Å². The first-order valence-corrected chi connectivity index (χ1v) is 4.79. The highest BCUT2D eigenvalue weighted by molar-refractivity contribution is 14.1. The van der Waals surface area contributed by atoms with Crippen molar-refractivity contribution in [1.29, 1.82) is 0 Å². The van der Waals surface area contributed by atoms with Crippen LogP contribution in [0.25, 0.3) is 0 Å². The number of aromatic nitrogens is 1. The lowest BCUT2D eigenvalue weighted by molar-refractivity contribution is -0.138. The smallest absolute Gasteiger partial charge is 0.325 e. The Morgan fingerprint density at radius 1 is 1.29 bits per heavy atom. The second-order valence-electron chi connectivity index (χ2n) is 2.89. The maximum absolute atomic E-state index is 12.5. The maximum Gasteiger partial charge on any atom is 0.417 e. The van der Waals surface area contributed by atoms with Gasteiger partial charge in [0.05, 0.1) is 9.13 Å². The van der Waals surface area contributed by atoms with Crippen LogP contribution in [0.3, 0.4) is 0 Å². The van der Waals surface area contributed by atoms with Crippen LogP contribution in [0.5, 0.6) is 0 Å². The lowest BCUT2D eigenvalue weighted by Crippen LogP contribution is -2.21. The van der Waals surface area contributed by atoms with Gasteiger partial charge in [-0.3, -0.25) is 4.79 Å². The second-order valence-corrected chi connectivity index (χ2v) is 3.97. The van der Waals surface area contributed by atoms with Crippen LogP contribution in [0.1, 0.15) is 16.8 Å². The van der Waals surface area contributed by atoms with Gasteiger partial charge in [-0.05, 0) is 42.0 Å². The minimum atomic E-state index is -4.47. The van der Waals surface area contributed by atoms with Gasteiger partial charge in [0.25, 0.3) is 5.56 Å². The lowest BCUT2D eigenvalue weighted by atomic mass is 10.1. The third-order valence-corrected chi connectivity index (χ3v) is 2.97. The molecule has 0 spiro atoms. The monoisotopic (exact) mass is 317 g/mol. The van der Waals surface area contributed by atoms with E-state index >= 15 is 0 Å². The molecular formula is C8H7F3INO. The van der Waals surface area contributed by atoms with Crippen LogP contribution in [-0.2, 0) is 6.18 Å². The molecule has 0 amide bonds. The average molecular weight is 317 g/mol. The van der Waals surface area contributed by atoms with Crippen molar-refractivity contribution in [3.63, 3.8) is 0 Å². The number of nitrogens with one attached hydrogen (secondary N) is 1. The number of pyridine rings is 1. The van der Waals surface area contributed by atoms with Crippen molar-refractivity contribution in [3.8, 4) is 0 Å². The minimum Gasteiger partial charge on any atom is -0.325 e. The van der Waals surface area contributed by atoms with E-state index in [1.165, 1.54) is 36.4 Å². The zero-order valence-electron chi connectivity index (χ0n) is 7.42. The van der Waals surface area contributed by atoms with Crippen molar-refractivity contribution in [2.75, 3.05) is 0 Å². The van der Waals surface area contributed by atoms with Crippen LogP contribution >= 0.6 is 22.6 Å². The number of rotatable bonds is 0. The Kier molecular flexibility index (Phi) is 2.93. The Bertz CT molecular complexity index is 422. The molecule has 1 N–H and O–H groups in total. The Hall–Kier alpha value is -0.530. The molecule has 6 heteroatoms. The van der Waals surface area contributed by atoms with Crippen LogP contribution in [0.15, 0.2) is 4.79 Å². The van der Waals surface area contributed by atoms with Crippen LogP contribution < -0.4 is 5.56 Å². The Balaban J connectivity index is 3.65. The Labute approximate surface area is 91.7 Å². The summed E-state index contributed by atoms with van der Waals surface area (Å²) < 4.78 is 37.2. The molecule has 14 heavy (non-hydrogen) atoms. The minimum absolute atomic E-state index is 0.0708. The van der Waals surface area contributed by atoms with Crippen molar-refractivity contribution in [2.45, 2.75) is 20.0 Å². The van der Waals surface area contributed by atoms with E-state index in [0.717, 1.165) is 0 Å². The summed E-state index contributed by atoms with van der Waals surface area (Å²) in [6, 6.07) is 0. The fourth-order valence-electron chi connectivity index (χ4n) is 1.12. The average Bonchev–Trinajstić information content (AvgIpc) is 1.98. The van der Waals surface area contributed by atoms with Crippen LogP contribution in [0, 0.1) is 17.4 Å². The molecule has 0 bridgehead atoms. The summed E-state index contributed by atoms with van der Waals surface area (Å²) in [5.74, 6) is 0. The molecule has 0 aliphatic carbocycles. The summed E-state index contributed by atoms with van der Waals surface area (Å²) in [6.07, 6.45) is -4.47. The molecule has 0 saturated carbocycles. The highest BCUT2D eigenvalue weighted by Gasteiger charge is 2.36. The van der Waals surface area contributed by atoms with Crippen molar-refractivity contribution in [1.82, 2.24) is 4.98 Å². The predicted octanol–water partition coefficient (Wildman–Crippen LogP) is 2.62. The molecule has 0 atom stereocenters. The molecule has 0 saturated heterocycles. The van der Waals surface area contributed by atoms with E-state index in [-0.39, 0.29) is 14.8 Å². The quantitative estimate of drug-likeness (QED) is 0.733. The summed E-state index contributed by atoms with van der Waals surface area (Å²) in [6.45, 7) is 2.79. The molecule has 2 nitrogen and oxygen atoms in total. The van der Waals surface area contributed by atoms with Gasteiger partial charge in [-0.15, -0.1) is 0 Å². The van der Waals surface area contributed by atoms with E-state index in [9.17, 15) is 18.0 Å². The van der Waals surface area contributed by atoms with Gasteiger partial charge in [0.2, 0.25) is 0 Å². The van der Waals surface area contributed by atoms with Crippen LogP contribution in [0.4, 0.5) is 13.2 Å². The highest BCUT2D eigenvalue weighted by atomic mass is 127. The maximum atomic E-state index is 12.5. The summed E-state index contributed by atoms with van der Waals surface area (Å²) in [5, 5.41) is 0. The summed E-state index contributed by atoms with van der Waals surface area (Å²) in [7, 11) is 0. The third-order valence-electron chi connectivity index (χ3n) is 1.94. The fraction of sp³-hybridized carbons (Fsp3) is 0.375. The SMILES string of the molecule is Cc1[nH]c(=O)c(I)c(C(F)(F)F)c1C. The van der Waals surface area contributed by atoms with Gasteiger partial charge in [0, 0.05) is 5.69 Å². The van der Waals surface area contributed by atoms with Crippen molar-refractivity contribution < 1.29 is 13.2 Å². The zero-order valence-corrected chi connectivity index (χ0v) is 9.58. The summed E-state index contributed by atoms with van der Waals surface area (Å²) >= 11 is 1.41. The predicted molar refractivity (Wildman–Crippen MR) is 54.3 cm³/mol. The molecule has 1 rings (SSSR count). The van der Waals surface area contributed by atoms with Gasteiger partial charge >= 0.3 is 6.18 Å². The van der Waals surface area contributed by atoms with Gasteiger partial charge < -0.3 is 4.98 Å². The molecule has 1 aromatic rings. The van der Waals surface area contributed by atoms with E-state index in [1.807, 2.05) is 0 Å². The zero-order chi connectivity index (χ0) is 11.1. The first kappa shape index (κ1) is 11.5. The largest absolute Gasteiger partial charge is 0.417 e. The van der Waals surface area contributed by atoms with Gasteiger partial charge in [0.15, 0.2) is 0 Å². The number of hydrogen-bond donors (Lipinski definition) is 1. The second kappa shape index (κ2) is 3.56. The normalized spacial score (nSPS) is 11.9. The number of aryl methyl sites for hydroxylation is 1.